The van der Waals surface area contributed by atoms with E-state index in [4.69, 9.17) is 4.42 Å². The molecule has 0 spiro atoms. The van der Waals surface area contributed by atoms with Crippen LogP contribution in [0.2, 0.25) is 0 Å². The molecule has 1 nitrogen and oxygen atoms in total. The molecule has 0 amide bonds. The first-order chi connectivity index (χ1) is 30.6. The Labute approximate surface area is 365 Å². The molecule has 0 atom stereocenters. The highest BCUT2D eigenvalue weighted by atomic mass is 16.3. The molecule has 0 aliphatic heterocycles. The minimum atomic E-state index is 0.615. The third kappa shape index (κ3) is 5.09. The van der Waals surface area contributed by atoms with Crippen LogP contribution in [0.25, 0.3) is 88.7 Å². The summed E-state index contributed by atoms with van der Waals surface area (Å²) in [6.07, 6.45) is 21.2. The van der Waals surface area contributed by atoms with Crippen molar-refractivity contribution in [3.05, 3.63) is 144 Å². The number of fused-ring (bicyclic) bond motifs is 6. The lowest BCUT2D eigenvalue weighted by Crippen LogP contribution is -2.44. The Kier molecular flexibility index (Phi) is 7.89. The summed E-state index contributed by atoms with van der Waals surface area (Å²) in [6.45, 7) is 6.76. The van der Waals surface area contributed by atoms with Crippen LogP contribution in [0.5, 0.6) is 0 Å². The Bertz CT molecular complexity index is 3090. The molecule has 8 bridgehead atoms. The van der Waals surface area contributed by atoms with Gasteiger partial charge in [0.15, 0.2) is 0 Å². The van der Waals surface area contributed by atoms with E-state index in [1.54, 1.807) is 11.1 Å². The van der Waals surface area contributed by atoms with Gasteiger partial charge in [0.2, 0.25) is 0 Å². The van der Waals surface area contributed by atoms with E-state index in [9.17, 15) is 0 Å². The molecule has 0 radical (unpaired) electrons. The van der Waals surface area contributed by atoms with Crippen molar-refractivity contribution >= 4 is 66.4 Å². The smallest absolute Gasteiger partial charge is 0.136 e. The minimum Gasteiger partial charge on any atom is -0.456 e. The van der Waals surface area contributed by atoms with Gasteiger partial charge in [-0.25, -0.2) is 0 Å². The summed E-state index contributed by atoms with van der Waals surface area (Å²) < 4.78 is 6.99. The maximum atomic E-state index is 6.99. The van der Waals surface area contributed by atoms with Gasteiger partial charge in [0.05, 0.1) is 0 Å². The Morgan fingerprint density at radius 1 is 0.468 bits per heavy atom. The van der Waals surface area contributed by atoms with Gasteiger partial charge in [0, 0.05) is 10.8 Å². The van der Waals surface area contributed by atoms with Gasteiger partial charge in [-0.15, -0.1) is 0 Å². The normalized spacial score (nSPS) is 29.7. The Balaban J connectivity index is 0.962. The van der Waals surface area contributed by atoms with Gasteiger partial charge in [-0.3, -0.25) is 0 Å². The predicted molar refractivity (Wildman–Crippen MR) is 261 cm³/mol. The zero-order valence-corrected chi connectivity index (χ0v) is 36.1. The largest absolute Gasteiger partial charge is 0.456 e. The van der Waals surface area contributed by atoms with Gasteiger partial charge in [-0.1, -0.05) is 116 Å². The fourth-order valence-electron chi connectivity index (χ4n) is 16.5. The molecule has 8 saturated carbocycles. The van der Waals surface area contributed by atoms with Crippen LogP contribution in [0.3, 0.4) is 0 Å². The van der Waals surface area contributed by atoms with Gasteiger partial charge in [-0.05, 0) is 225 Å². The van der Waals surface area contributed by atoms with Crippen molar-refractivity contribution in [1.82, 2.24) is 0 Å². The molecule has 8 aliphatic carbocycles. The van der Waals surface area contributed by atoms with Crippen LogP contribution in [-0.4, -0.2) is 0 Å². The van der Waals surface area contributed by atoms with Crippen LogP contribution >= 0.6 is 0 Å². The highest BCUT2D eigenvalue weighted by molar-refractivity contribution is 6.20. The summed E-state index contributed by atoms with van der Waals surface area (Å²) in [6, 6.07) is 41.9. The Morgan fingerprint density at radius 2 is 0.968 bits per heavy atom. The molecule has 8 aliphatic rings. The zero-order valence-electron chi connectivity index (χ0n) is 36.1. The molecule has 8 fully saturated rings. The van der Waals surface area contributed by atoms with Crippen LogP contribution in [0.15, 0.2) is 126 Å². The van der Waals surface area contributed by atoms with Crippen molar-refractivity contribution < 1.29 is 4.42 Å². The topological polar surface area (TPSA) is 13.1 Å². The van der Waals surface area contributed by atoms with E-state index in [1.807, 2.05) is 0 Å². The summed E-state index contributed by atoms with van der Waals surface area (Å²) in [4.78, 5) is 0. The number of hydrogen-bond acceptors (Lipinski definition) is 1. The van der Waals surface area contributed by atoms with Gasteiger partial charge in [0.25, 0.3) is 0 Å². The number of benzene rings is 7. The maximum absolute atomic E-state index is 6.99. The average Bonchev–Trinajstić information content (AvgIpc) is 3.67. The zero-order chi connectivity index (χ0) is 40.8. The second-order valence-electron chi connectivity index (χ2n) is 21.2. The molecule has 306 valence electrons. The number of rotatable bonds is 6. The highest BCUT2D eigenvalue weighted by Crippen LogP contribution is 2.63. The lowest BCUT2D eigenvalue weighted by Gasteiger charge is -2.55. The van der Waals surface area contributed by atoms with Gasteiger partial charge in [0.1, 0.15) is 11.2 Å². The van der Waals surface area contributed by atoms with Crippen LogP contribution in [0, 0.1) is 47.3 Å². The van der Waals surface area contributed by atoms with E-state index in [0.717, 1.165) is 58.5 Å². The summed E-state index contributed by atoms with van der Waals surface area (Å²) >= 11 is 0. The van der Waals surface area contributed by atoms with Crippen LogP contribution in [0.1, 0.15) is 105 Å². The lowest BCUT2D eigenvalue weighted by atomic mass is 9.50. The molecule has 0 N–H and O–H groups in total. The van der Waals surface area contributed by atoms with Crippen LogP contribution in [-0.2, 0) is 0 Å². The molecule has 7 aromatic carbocycles. The van der Waals surface area contributed by atoms with E-state index in [0.29, 0.717) is 11.8 Å². The molecule has 1 aromatic heterocycles. The third-order valence-electron chi connectivity index (χ3n) is 18.0. The second-order valence-corrected chi connectivity index (χ2v) is 21.2. The second kappa shape index (κ2) is 13.6. The van der Waals surface area contributed by atoms with Crippen molar-refractivity contribution in [1.29, 1.82) is 0 Å². The first-order valence-corrected chi connectivity index (χ1v) is 24.3. The van der Waals surface area contributed by atoms with E-state index in [1.165, 1.54) is 141 Å². The highest BCUT2D eigenvalue weighted by Gasteiger charge is 2.51. The maximum Gasteiger partial charge on any atom is 0.136 e. The first kappa shape index (κ1) is 36.1. The van der Waals surface area contributed by atoms with Crippen molar-refractivity contribution in [2.24, 2.45) is 47.3 Å². The lowest BCUT2D eigenvalue weighted by molar-refractivity contribution is -0.00237. The molecule has 16 rings (SSSR count). The molecule has 1 heteroatoms. The van der Waals surface area contributed by atoms with Crippen molar-refractivity contribution in [2.75, 3.05) is 0 Å². The molecular formula is C61H56O. The number of furan rings is 1. The summed E-state index contributed by atoms with van der Waals surface area (Å²) in [7, 11) is 0. The molecule has 8 aromatic rings. The Morgan fingerprint density at radius 3 is 1.50 bits per heavy atom. The molecule has 62 heavy (non-hydrogen) atoms. The fourth-order valence-corrected chi connectivity index (χ4v) is 16.5. The average molecular weight is 805 g/mol. The monoisotopic (exact) mass is 804 g/mol. The third-order valence-corrected chi connectivity index (χ3v) is 18.0. The predicted octanol–water partition coefficient (Wildman–Crippen LogP) is 17.1. The fraction of sp³-hybridized carbons (Fsp3) is 0.344. The van der Waals surface area contributed by atoms with Crippen molar-refractivity contribution in [2.45, 2.75) is 83.0 Å². The van der Waals surface area contributed by atoms with E-state index >= 15 is 0 Å². The van der Waals surface area contributed by atoms with E-state index < -0.39 is 0 Å². The summed E-state index contributed by atoms with van der Waals surface area (Å²) in [5, 5.41) is 10.8. The van der Waals surface area contributed by atoms with Crippen molar-refractivity contribution in [3.63, 3.8) is 0 Å². The van der Waals surface area contributed by atoms with Gasteiger partial charge >= 0.3 is 0 Å². The first-order valence-electron chi connectivity index (χ1n) is 24.3. The molecular weight excluding hydrogens is 749 g/mol. The number of allylic oxidation sites excluding steroid dienone is 1. The number of hydrogen-bond donors (Lipinski definition) is 0. The van der Waals surface area contributed by atoms with Crippen LogP contribution < -0.4 is 0 Å². The van der Waals surface area contributed by atoms with Crippen LogP contribution in [0.4, 0.5) is 0 Å². The summed E-state index contributed by atoms with van der Waals surface area (Å²) in [5.41, 5.74) is 12.9. The molecule has 1 heterocycles. The molecule has 0 saturated heterocycles. The van der Waals surface area contributed by atoms with Crippen molar-refractivity contribution in [3.8, 4) is 22.3 Å². The SMILES string of the molecule is C=Cc1c(/C=C\C)c(C2C3CC4CC(C3)CC2C4)c2ccccc2c1-c1cccc2oc3cc(-c4c5ccccc5c(C5C6CC7CC(C6)CC5C7)c5ccccc45)ccc3c12. The standard InChI is InChI=1S/C61H56O/c1-3-12-44-43(4-2)58(47-15-7-10-18-50(47)60(44)55-39-25-34-23-35(27-39)28-40(55)26-34)52-19-11-20-53-59(52)51-22-21-38(33-54(51)62-53)57-45-13-5-8-16-48(45)61(49-17-9-6-14-46(49)57)56-41-29-36-24-37(31-41)32-42(56)30-36/h3-22,33-37,39-42,55-56H,2,23-32H2,1H3/b12-3-. The molecule has 0 unspecified atom stereocenters. The quantitative estimate of drug-likeness (QED) is 0.153. The van der Waals surface area contributed by atoms with Gasteiger partial charge < -0.3 is 4.42 Å². The Hall–Kier alpha value is -5.40. The van der Waals surface area contributed by atoms with E-state index in [-0.39, 0.29) is 0 Å². The van der Waals surface area contributed by atoms with E-state index in [2.05, 4.69) is 141 Å². The summed E-state index contributed by atoms with van der Waals surface area (Å²) in [5.74, 6) is 8.33. The van der Waals surface area contributed by atoms with Gasteiger partial charge in [-0.2, -0.15) is 0 Å². The minimum absolute atomic E-state index is 0.615.